The number of ether oxygens (including phenoxy) is 1. The summed E-state index contributed by atoms with van der Waals surface area (Å²) in [7, 11) is 1.80. The lowest BCUT2D eigenvalue weighted by Crippen LogP contribution is -2.46. The molecule has 2 aromatic rings. The Balaban J connectivity index is 1.26. The summed E-state index contributed by atoms with van der Waals surface area (Å²) in [5, 5.41) is 0. The number of anilines is 1. The second kappa shape index (κ2) is 8.79. The van der Waals surface area contributed by atoms with Crippen LogP contribution in [0.2, 0.25) is 0 Å². The van der Waals surface area contributed by atoms with E-state index in [0.717, 1.165) is 24.8 Å². The van der Waals surface area contributed by atoms with Crippen LogP contribution >= 0.6 is 0 Å². The van der Waals surface area contributed by atoms with Crippen LogP contribution in [0.25, 0.3) is 0 Å². The molecule has 0 saturated carbocycles. The van der Waals surface area contributed by atoms with Gasteiger partial charge in [-0.25, -0.2) is 0 Å². The third-order valence-electron chi connectivity index (χ3n) is 6.33. The first kappa shape index (κ1) is 18.4. The van der Waals surface area contributed by atoms with E-state index in [4.69, 9.17) is 4.74 Å². The normalized spacial score (nSPS) is 20.3. The number of benzene rings is 2. The summed E-state index contributed by atoms with van der Waals surface area (Å²) < 4.78 is 5.59. The molecule has 2 aromatic carbocycles. The molecule has 144 valence electrons. The highest BCUT2D eigenvalue weighted by Crippen LogP contribution is 2.38. The Bertz CT molecular complexity index is 722. The quantitative estimate of drug-likeness (QED) is 0.738. The molecule has 0 unspecified atom stereocenters. The number of methoxy groups -OCH3 is 1. The molecule has 1 aliphatic carbocycles. The SMILES string of the molecule is COc1cccc2c1CCC[C@H]2CCCN1CCN(c2ccccc2)CC1. The van der Waals surface area contributed by atoms with Gasteiger partial charge in [0, 0.05) is 31.9 Å². The van der Waals surface area contributed by atoms with Crippen molar-refractivity contribution in [3.05, 3.63) is 59.7 Å². The molecule has 0 amide bonds. The standard InChI is InChI=1S/C24H32N2O/c1-27-24-14-6-12-22-20(8-5-13-23(22)24)9-7-15-25-16-18-26(19-17-25)21-10-3-2-4-11-21/h2-4,6,10-12,14,20H,5,7-9,13,15-19H2,1H3/t20-/m0/s1. The van der Waals surface area contributed by atoms with Gasteiger partial charge in [-0.3, -0.25) is 4.90 Å². The van der Waals surface area contributed by atoms with E-state index >= 15 is 0 Å². The van der Waals surface area contributed by atoms with Gasteiger partial charge < -0.3 is 9.64 Å². The lowest BCUT2D eigenvalue weighted by atomic mass is 9.80. The van der Waals surface area contributed by atoms with Gasteiger partial charge in [-0.1, -0.05) is 30.3 Å². The number of para-hydroxylation sites is 1. The van der Waals surface area contributed by atoms with Crippen LogP contribution in [0.3, 0.4) is 0 Å². The summed E-state index contributed by atoms with van der Waals surface area (Å²) in [6.45, 7) is 5.90. The molecule has 1 saturated heterocycles. The van der Waals surface area contributed by atoms with Gasteiger partial charge >= 0.3 is 0 Å². The first-order chi connectivity index (χ1) is 13.3. The van der Waals surface area contributed by atoms with Gasteiger partial charge in [0.25, 0.3) is 0 Å². The fourth-order valence-electron chi connectivity index (χ4n) is 4.83. The molecule has 1 heterocycles. The summed E-state index contributed by atoms with van der Waals surface area (Å²) >= 11 is 0. The second-order valence-corrected chi connectivity index (χ2v) is 7.92. The average molecular weight is 365 g/mol. The zero-order chi connectivity index (χ0) is 18.5. The summed E-state index contributed by atoms with van der Waals surface area (Å²) in [5.41, 5.74) is 4.38. The van der Waals surface area contributed by atoms with Crippen LogP contribution in [-0.2, 0) is 6.42 Å². The Morgan fingerprint density at radius 3 is 2.56 bits per heavy atom. The first-order valence-corrected chi connectivity index (χ1v) is 10.5. The van der Waals surface area contributed by atoms with Crippen molar-refractivity contribution in [1.82, 2.24) is 4.90 Å². The Labute approximate surface area is 163 Å². The second-order valence-electron chi connectivity index (χ2n) is 7.92. The Hall–Kier alpha value is -2.00. The van der Waals surface area contributed by atoms with E-state index < -0.39 is 0 Å². The molecular formula is C24H32N2O. The highest BCUT2D eigenvalue weighted by atomic mass is 16.5. The smallest absolute Gasteiger partial charge is 0.122 e. The largest absolute Gasteiger partial charge is 0.496 e. The Kier molecular flexibility index (Phi) is 5.98. The summed E-state index contributed by atoms with van der Waals surface area (Å²) in [6, 6.07) is 17.4. The minimum absolute atomic E-state index is 0.717. The molecule has 0 radical (unpaired) electrons. The van der Waals surface area contributed by atoms with Crippen molar-refractivity contribution in [3.8, 4) is 5.75 Å². The van der Waals surface area contributed by atoms with Crippen molar-refractivity contribution in [3.63, 3.8) is 0 Å². The molecule has 0 N–H and O–H groups in total. The fourth-order valence-corrected chi connectivity index (χ4v) is 4.83. The third-order valence-corrected chi connectivity index (χ3v) is 6.33. The maximum absolute atomic E-state index is 5.59. The van der Waals surface area contributed by atoms with Crippen molar-refractivity contribution in [2.24, 2.45) is 0 Å². The van der Waals surface area contributed by atoms with Crippen LogP contribution in [0.15, 0.2) is 48.5 Å². The van der Waals surface area contributed by atoms with Gasteiger partial charge in [0.2, 0.25) is 0 Å². The molecule has 1 atom stereocenters. The molecule has 0 bridgehead atoms. The molecule has 0 aromatic heterocycles. The highest BCUT2D eigenvalue weighted by molar-refractivity contribution is 5.46. The van der Waals surface area contributed by atoms with E-state index in [0.29, 0.717) is 0 Å². The van der Waals surface area contributed by atoms with Crippen molar-refractivity contribution >= 4 is 5.69 Å². The predicted octanol–water partition coefficient (Wildman–Crippen LogP) is 4.72. The van der Waals surface area contributed by atoms with Crippen molar-refractivity contribution in [1.29, 1.82) is 0 Å². The van der Waals surface area contributed by atoms with Crippen LogP contribution in [0.5, 0.6) is 5.75 Å². The minimum atomic E-state index is 0.717. The van der Waals surface area contributed by atoms with E-state index in [1.165, 1.54) is 63.0 Å². The number of rotatable bonds is 6. The number of nitrogens with zero attached hydrogens (tertiary/aromatic N) is 2. The summed E-state index contributed by atoms with van der Waals surface area (Å²) in [5.74, 6) is 1.81. The monoisotopic (exact) mass is 364 g/mol. The van der Waals surface area contributed by atoms with Crippen LogP contribution in [0.1, 0.15) is 42.7 Å². The van der Waals surface area contributed by atoms with E-state index in [-0.39, 0.29) is 0 Å². The minimum Gasteiger partial charge on any atom is -0.496 e. The number of piperazine rings is 1. The van der Waals surface area contributed by atoms with E-state index in [1.807, 2.05) is 0 Å². The van der Waals surface area contributed by atoms with Crippen LogP contribution < -0.4 is 9.64 Å². The van der Waals surface area contributed by atoms with Crippen LogP contribution in [-0.4, -0.2) is 44.7 Å². The van der Waals surface area contributed by atoms with Crippen molar-refractivity contribution in [2.45, 2.75) is 38.0 Å². The Morgan fingerprint density at radius 2 is 1.78 bits per heavy atom. The predicted molar refractivity (Wildman–Crippen MR) is 113 cm³/mol. The third kappa shape index (κ3) is 4.30. The van der Waals surface area contributed by atoms with Crippen molar-refractivity contribution < 1.29 is 4.74 Å². The van der Waals surface area contributed by atoms with Gasteiger partial charge in [0.15, 0.2) is 0 Å². The Morgan fingerprint density at radius 1 is 0.963 bits per heavy atom. The molecular weight excluding hydrogens is 332 g/mol. The average Bonchev–Trinajstić information content (AvgIpc) is 2.74. The zero-order valence-electron chi connectivity index (χ0n) is 16.6. The molecule has 4 rings (SSSR count). The molecule has 3 heteroatoms. The van der Waals surface area contributed by atoms with Gasteiger partial charge in [-0.2, -0.15) is 0 Å². The first-order valence-electron chi connectivity index (χ1n) is 10.5. The molecule has 1 fully saturated rings. The number of hydrogen-bond acceptors (Lipinski definition) is 3. The van der Waals surface area contributed by atoms with Crippen LogP contribution in [0.4, 0.5) is 5.69 Å². The molecule has 2 aliphatic rings. The summed E-state index contributed by atoms with van der Waals surface area (Å²) in [4.78, 5) is 5.16. The maximum atomic E-state index is 5.59. The lowest BCUT2D eigenvalue weighted by molar-refractivity contribution is 0.249. The maximum Gasteiger partial charge on any atom is 0.122 e. The van der Waals surface area contributed by atoms with E-state index in [9.17, 15) is 0 Å². The fraction of sp³-hybridized carbons (Fsp3) is 0.500. The highest BCUT2D eigenvalue weighted by Gasteiger charge is 2.23. The van der Waals surface area contributed by atoms with E-state index in [2.05, 4.69) is 58.3 Å². The zero-order valence-corrected chi connectivity index (χ0v) is 16.6. The summed E-state index contributed by atoms with van der Waals surface area (Å²) in [6.07, 6.45) is 6.42. The van der Waals surface area contributed by atoms with Crippen LogP contribution in [0, 0.1) is 0 Å². The lowest BCUT2D eigenvalue weighted by Gasteiger charge is -2.36. The van der Waals surface area contributed by atoms with Gasteiger partial charge in [-0.05, 0) is 73.9 Å². The number of hydrogen-bond donors (Lipinski definition) is 0. The van der Waals surface area contributed by atoms with E-state index in [1.54, 1.807) is 12.7 Å². The molecule has 1 aliphatic heterocycles. The molecule has 3 nitrogen and oxygen atoms in total. The molecule has 27 heavy (non-hydrogen) atoms. The van der Waals surface area contributed by atoms with Crippen molar-refractivity contribution in [2.75, 3.05) is 44.7 Å². The van der Waals surface area contributed by atoms with Gasteiger partial charge in [-0.15, -0.1) is 0 Å². The van der Waals surface area contributed by atoms with Gasteiger partial charge in [0.05, 0.1) is 7.11 Å². The number of fused-ring (bicyclic) bond motifs is 1. The topological polar surface area (TPSA) is 15.7 Å². The molecule has 0 spiro atoms. The van der Waals surface area contributed by atoms with Gasteiger partial charge in [0.1, 0.15) is 5.75 Å².